The summed E-state index contributed by atoms with van der Waals surface area (Å²) < 4.78 is 31.4. The molecule has 0 aliphatic carbocycles. The van der Waals surface area contributed by atoms with Crippen LogP contribution in [0.1, 0.15) is 24.9 Å². The van der Waals surface area contributed by atoms with Crippen LogP contribution in [0.15, 0.2) is 40.9 Å². The molecule has 0 aliphatic heterocycles. The molecule has 0 saturated heterocycles. The highest BCUT2D eigenvalue weighted by atomic mass is 32.2. The number of nitrogens with zero attached hydrogens (tertiary/aromatic N) is 5. The molecule has 2 heterocycles. The van der Waals surface area contributed by atoms with Crippen molar-refractivity contribution in [3.05, 3.63) is 48.0 Å². The van der Waals surface area contributed by atoms with E-state index in [4.69, 9.17) is 4.52 Å². The van der Waals surface area contributed by atoms with Crippen LogP contribution in [0.3, 0.4) is 0 Å². The Morgan fingerprint density at radius 3 is 2.71 bits per heavy atom. The van der Waals surface area contributed by atoms with Crippen molar-refractivity contribution in [2.24, 2.45) is 0 Å². The second-order valence-electron chi connectivity index (χ2n) is 5.39. The van der Waals surface area contributed by atoms with E-state index in [9.17, 15) is 8.42 Å². The molecule has 0 amide bonds. The maximum Gasteiger partial charge on any atom is 0.166 e. The van der Waals surface area contributed by atoms with Crippen LogP contribution in [-0.2, 0) is 27.9 Å². The summed E-state index contributed by atoms with van der Waals surface area (Å²) in [6.45, 7) is 2.55. The van der Waals surface area contributed by atoms with E-state index < -0.39 is 9.84 Å². The topological polar surface area (TPSA) is 104 Å². The quantitative estimate of drug-likeness (QED) is 0.642. The summed E-state index contributed by atoms with van der Waals surface area (Å²) in [5, 5.41) is 15.1. The largest absolute Gasteiger partial charge is 0.360 e. The number of aryl methyl sites for hydroxylation is 1. The highest BCUT2D eigenvalue weighted by molar-refractivity contribution is 7.89. The zero-order chi connectivity index (χ0) is 17.0. The van der Waals surface area contributed by atoms with Crippen LogP contribution in [-0.4, -0.2) is 33.8 Å². The summed E-state index contributed by atoms with van der Waals surface area (Å²) in [7, 11) is -3.46. The van der Waals surface area contributed by atoms with Gasteiger partial charge in [0.1, 0.15) is 17.2 Å². The van der Waals surface area contributed by atoms with Crippen LogP contribution in [0.25, 0.3) is 11.3 Å². The molecule has 3 aromatic rings. The Morgan fingerprint density at radius 1 is 1.17 bits per heavy atom. The first kappa shape index (κ1) is 16.3. The lowest BCUT2D eigenvalue weighted by atomic mass is 10.1. The molecule has 0 unspecified atom stereocenters. The number of sulfone groups is 1. The molecule has 126 valence electrons. The van der Waals surface area contributed by atoms with Gasteiger partial charge in [-0.05, 0) is 16.8 Å². The molecule has 0 spiro atoms. The minimum atomic E-state index is -3.46. The van der Waals surface area contributed by atoms with E-state index in [0.29, 0.717) is 23.8 Å². The smallest absolute Gasteiger partial charge is 0.166 e. The van der Waals surface area contributed by atoms with Crippen LogP contribution in [0.4, 0.5) is 0 Å². The van der Waals surface area contributed by atoms with Crippen LogP contribution < -0.4 is 0 Å². The van der Waals surface area contributed by atoms with Gasteiger partial charge in [-0.2, -0.15) is 0 Å². The summed E-state index contributed by atoms with van der Waals surface area (Å²) in [6.07, 6.45) is 0.820. The second kappa shape index (κ2) is 6.91. The van der Waals surface area contributed by atoms with Gasteiger partial charge in [-0.25, -0.2) is 13.1 Å². The number of aromatic nitrogens is 5. The predicted molar refractivity (Wildman–Crippen MR) is 86.4 cm³/mol. The molecule has 0 atom stereocenters. The zero-order valence-corrected chi connectivity index (χ0v) is 14.0. The number of hydrogen-bond acceptors (Lipinski definition) is 7. The first-order chi connectivity index (χ1) is 11.6. The summed E-state index contributed by atoms with van der Waals surface area (Å²) in [5.41, 5.74) is 1.48. The molecule has 0 radical (unpaired) electrons. The van der Waals surface area contributed by atoms with Gasteiger partial charge in [0, 0.05) is 18.2 Å². The van der Waals surface area contributed by atoms with Crippen molar-refractivity contribution >= 4 is 9.84 Å². The zero-order valence-electron chi connectivity index (χ0n) is 13.2. The average Bonchev–Trinajstić information content (AvgIpc) is 3.18. The molecule has 1 aromatic carbocycles. The lowest BCUT2D eigenvalue weighted by Gasteiger charge is -2.03. The third-order valence-electron chi connectivity index (χ3n) is 3.38. The Morgan fingerprint density at radius 2 is 1.96 bits per heavy atom. The van der Waals surface area contributed by atoms with Crippen molar-refractivity contribution in [1.82, 2.24) is 25.4 Å². The first-order valence-corrected chi connectivity index (χ1v) is 9.36. The van der Waals surface area contributed by atoms with Crippen LogP contribution in [0, 0.1) is 0 Å². The van der Waals surface area contributed by atoms with Crippen LogP contribution in [0.5, 0.6) is 0 Å². The molecular formula is C15H17N5O3S. The molecule has 9 heteroatoms. The Labute approximate surface area is 139 Å². The Balaban J connectivity index is 1.73. The van der Waals surface area contributed by atoms with Gasteiger partial charge < -0.3 is 4.52 Å². The van der Waals surface area contributed by atoms with E-state index in [2.05, 4.69) is 20.7 Å². The first-order valence-electron chi connectivity index (χ1n) is 7.54. The number of tetrazole rings is 1. The average molecular weight is 347 g/mol. The van der Waals surface area contributed by atoms with Crippen molar-refractivity contribution in [3.63, 3.8) is 0 Å². The molecule has 0 N–H and O–H groups in total. The fourth-order valence-electron chi connectivity index (χ4n) is 2.30. The van der Waals surface area contributed by atoms with E-state index in [-0.39, 0.29) is 11.5 Å². The highest BCUT2D eigenvalue weighted by Crippen LogP contribution is 2.20. The van der Waals surface area contributed by atoms with Gasteiger partial charge in [-0.1, -0.05) is 42.4 Å². The molecule has 0 fully saturated rings. The summed E-state index contributed by atoms with van der Waals surface area (Å²) >= 11 is 0. The predicted octanol–water partition coefficient (Wildman–Crippen LogP) is 1.85. The van der Waals surface area contributed by atoms with Gasteiger partial charge in [0.2, 0.25) is 0 Å². The third-order valence-corrected chi connectivity index (χ3v) is 4.80. The van der Waals surface area contributed by atoms with Crippen LogP contribution >= 0.6 is 0 Å². The second-order valence-corrected chi connectivity index (χ2v) is 7.46. The Bertz CT molecular complexity index is 902. The summed E-state index contributed by atoms with van der Waals surface area (Å²) in [4.78, 5) is 0. The lowest BCUT2D eigenvalue weighted by Crippen LogP contribution is -2.13. The lowest BCUT2D eigenvalue weighted by molar-refractivity contribution is 0.394. The normalized spacial score (nSPS) is 11.7. The van der Waals surface area contributed by atoms with Gasteiger partial charge in [-0.3, -0.25) is 0 Å². The van der Waals surface area contributed by atoms with Crippen molar-refractivity contribution in [3.8, 4) is 11.3 Å². The highest BCUT2D eigenvalue weighted by Gasteiger charge is 2.20. The molecular weight excluding hydrogens is 330 g/mol. The fraction of sp³-hybridized carbons (Fsp3) is 0.333. The van der Waals surface area contributed by atoms with E-state index in [1.54, 1.807) is 6.07 Å². The molecule has 0 bridgehead atoms. The summed E-state index contributed by atoms with van der Waals surface area (Å²) in [5.74, 6) is 0.149. The van der Waals surface area contributed by atoms with Gasteiger partial charge >= 0.3 is 0 Å². The SMILES string of the molecule is CCCn1nnnc1CS(=O)(=O)Cc1cc(-c2ccccc2)no1. The third kappa shape index (κ3) is 3.85. The van der Waals surface area contributed by atoms with Gasteiger partial charge in [-0.15, -0.1) is 5.10 Å². The Kier molecular flexibility index (Phi) is 4.70. The minimum Gasteiger partial charge on any atom is -0.360 e. The molecule has 3 rings (SSSR count). The van der Waals surface area contributed by atoms with E-state index in [1.165, 1.54) is 4.68 Å². The fourth-order valence-corrected chi connectivity index (χ4v) is 3.57. The number of benzene rings is 1. The number of hydrogen-bond donors (Lipinski definition) is 0. The van der Waals surface area contributed by atoms with Crippen molar-refractivity contribution in [2.45, 2.75) is 31.4 Å². The Hall–Kier alpha value is -2.55. The van der Waals surface area contributed by atoms with Gasteiger partial charge in [0.05, 0.1) is 0 Å². The molecule has 0 saturated carbocycles. The minimum absolute atomic E-state index is 0.235. The maximum absolute atomic E-state index is 12.4. The molecule has 8 nitrogen and oxygen atoms in total. The monoisotopic (exact) mass is 347 g/mol. The molecule has 0 aliphatic rings. The van der Waals surface area contributed by atoms with Crippen molar-refractivity contribution < 1.29 is 12.9 Å². The molecule has 24 heavy (non-hydrogen) atoms. The summed E-state index contributed by atoms with van der Waals surface area (Å²) in [6, 6.07) is 11.1. The molecule has 2 aromatic heterocycles. The standard InChI is InChI=1S/C15H17N5O3S/c1-2-8-20-15(16-18-19-20)11-24(21,22)10-13-9-14(17-23-13)12-6-4-3-5-7-12/h3-7,9H,2,8,10-11H2,1H3. The van der Waals surface area contributed by atoms with Crippen LogP contribution in [0.2, 0.25) is 0 Å². The number of rotatable bonds is 7. The van der Waals surface area contributed by atoms with E-state index in [1.807, 2.05) is 37.3 Å². The van der Waals surface area contributed by atoms with Crippen molar-refractivity contribution in [1.29, 1.82) is 0 Å². The van der Waals surface area contributed by atoms with Gasteiger partial charge in [0.15, 0.2) is 21.4 Å². The van der Waals surface area contributed by atoms with Gasteiger partial charge in [0.25, 0.3) is 0 Å². The van der Waals surface area contributed by atoms with E-state index in [0.717, 1.165) is 12.0 Å². The van der Waals surface area contributed by atoms with Crippen molar-refractivity contribution in [2.75, 3.05) is 0 Å². The maximum atomic E-state index is 12.4. The van der Waals surface area contributed by atoms with E-state index >= 15 is 0 Å².